The van der Waals surface area contributed by atoms with Gasteiger partial charge in [0.1, 0.15) is 10.7 Å². The second-order valence-corrected chi connectivity index (χ2v) is 8.21. The van der Waals surface area contributed by atoms with Crippen LogP contribution >= 0.6 is 11.6 Å². The standard InChI is InChI=1S/C18H14ClFN6O2S/c1-26-10-12(9-21-26)29(27,28)25-18-17(22-11-6-7-14(20)13(19)8-11)23-15-4-2-3-5-16(15)24-18/h2-10H,1H3,(H,22,23)(H,24,25). The number of para-hydroxylation sites is 2. The van der Waals surface area contributed by atoms with E-state index in [1.807, 2.05) is 0 Å². The van der Waals surface area contributed by atoms with Gasteiger partial charge in [-0.2, -0.15) is 5.10 Å². The molecule has 0 saturated carbocycles. The summed E-state index contributed by atoms with van der Waals surface area (Å²) in [6.45, 7) is 0. The van der Waals surface area contributed by atoms with Crippen molar-refractivity contribution in [2.45, 2.75) is 4.90 Å². The quantitative estimate of drug-likeness (QED) is 0.498. The first-order chi connectivity index (χ1) is 13.8. The van der Waals surface area contributed by atoms with E-state index in [0.29, 0.717) is 16.7 Å². The molecule has 0 bridgehead atoms. The van der Waals surface area contributed by atoms with E-state index in [0.717, 1.165) is 0 Å². The van der Waals surface area contributed by atoms with Gasteiger partial charge in [0.15, 0.2) is 11.6 Å². The number of sulfonamides is 1. The minimum absolute atomic E-state index is 0.0204. The van der Waals surface area contributed by atoms with Crippen LogP contribution in [0, 0.1) is 5.82 Å². The van der Waals surface area contributed by atoms with Gasteiger partial charge >= 0.3 is 0 Å². The zero-order chi connectivity index (χ0) is 20.6. The smallest absolute Gasteiger partial charge is 0.266 e. The van der Waals surface area contributed by atoms with E-state index >= 15 is 0 Å². The summed E-state index contributed by atoms with van der Waals surface area (Å²) in [5.41, 5.74) is 1.47. The van der Waals surface area contributed by atoms with Gasteiger partial charge in [-0.05, 0) is 30.3 Å². The molecule has 4 rings (SSSR count). The Morgan fingerprint density at radius 1 is 1.07 bits per heavy atom. The number of fused-ring (bicyclic) bond motifs is 1. The molecule has 4 aromatic rings. The van der Waals surface area contributed by atoms with Crippen molar-refractivity contribution in [3.05, 3.63) is 65.7 Å². The summed E-state index contributed by atoms with van der Waals surface area (Å²) in [6.07, 6.45) is 2.59. The molecule has 0 radical (unpaired) electrons. The number of aromatic nitrogens is 4. The lowest BCUT2D eigenvalue weighted by Gasteiger charge is -2.13. The van der Waals surface area contributed by atoms with Gasteiger partial charge in [-0.25, -0.2) is 22.8 Å². The fourth-order valence-electron chi connectivity index (χ4n) is 2.59. The van der Waals surface area contributed by atoms with Crippen LogP contribution in [0.4, 0.5) is 21.7 Å². The van der Waals surface area contributed by atoms with Crippen LogP contribution in [0.25, 0.3) is 11.0 Å². The van der Waals surface area contributed by atoms with E-state index in [4.69, 9.17) is 11.6 Å². The van der Waals surface area contributed by atoms with Crippen molar-refractivity contribution in [1.82, 2.24) is 19.7 Å². The summed E-state index contributed by atoms with van der Waals surface area (Å²) in [5, 5.41) is 6.74. The Morgan fingerprint density at radius 3 is 2.38 bits per heavy atom. The third kappa shape index (κ3) is 3.98. The second kappa shape index (κ2) is 7.30. The summed E-state index contributed by atoms with van der Waals surface area (Å²) in [5.74, 6) is -0.453. The Kier molecular flexibility index (Phi) is 4.81. The monoisotopic (exact) mass is 432 g/mol. The first-order valence-electron chi connectivity index (χ1n) is 8.32. The molecular weight excluding hydrogens is 419 g/mol. The highest BCUT2D eigenvalue weighted by molar-refractivity contribution is 7.92. The average Bonchev–Trinajstić information content (AvgIpc) is 3.12. The van der Waals surface area contributed by atoms with Crippen LogP contribution in [0.15, 0.2) is 59.8 Å². The first kappa shape index (κ1) is 19.1. The molecule has 0 amide bonds. The van der Waals surface area contributed by atoms with Crippen molar-refractivity contribution in [1.29, 1.82) is 0 Å². The molecule has 2 aromatic carbocycles. The Morgan fingerprint density at radius 2 is 1.76 bits per heavy atom. The van der Waals surface area contributed by atoms with Crippen LogP contribution in [0.3, 0.4) is 0 Å². The minimum atomic E-state index is -3.95. The number of nitrogens with one attached hydrogen (secondary N) is 2. The van der Waals surface area contributed by atoms with E-state index in [-0.39, 0.29) is 21.6 Å². The first-order valence-corrected chi connectivity index (χ1v) is 10.2. The summed E-state index contributed by atoms with van der Waals surface area (Å²) in [4.78, 5) is 8.80. The van der Waals surface area contributed by atoms with Crippen LogP contribution in [-0.4, -0.2) is 28.2 Å². The lowest BCUT2D eigenvalue weighted by Crippen LogP contribution is -2.15. The Hall–Kier alpha value is -3.24. The molecule has 29 heavy (non-hydrogen) atoms. The van der Waals surface area contributed by atoms with Gasteiger partial charge in [-0.3, -0.25) is 9.40 Å². The zero-order valence-corrected chi connectivity index (χ0v) is 16.5. The second-order valence-electron chi connectivity index (χ2n) is 6.12. The summed E-state index contributed by atoms with van der Waals surface area (Å²) in [7, 11) is -2.34. The molecule has 0 unspecified atom stereocenters. The number of halogens is 2. The fraction of sp³-hybridized carbons (Fsp3) is 0.0556. The molecule has 0 aliphatic rings. The van der Waals surface area contributed by atoms with E-state index in [1.165, 1.54) is 35.3 Å². The van der Waals surface area contributed by atoms with Crippen molar-refractivity contribution in [2.75, 3.05) is 10.0 Å². The van der Waals surface area contributed by atoms with E-state index in [9.17, 15) is 12.8 Å². The predicted octanol–water partition coefficient (Wildman–Crippen LogP) is 3.70. The molecule has 0 aliphatic carbocycles. The molecule has 0 spiro atoms. The molecular formula is C18H14ClFN6O2S. The van der Waals surface area contributed by atoms with Crippen molar-refractivity contribution in [3.8, 4) is 0 Å². The number of aryl methyl sites for hydroxylation is 1. The largest absolute Gasteiger partial charge is 0.337 e. The van der Waals surface area contributed by atoms with Gasteiger partial charge in [0.2, 0.25) is 0 Å². The number of nitrogens with zero attached hydrogens (tertiary/aromatic N) is 4. The van der Waals surface area contributed by atoms with Crippen LogP contribution in [-0.2, 0) is 17.1 Å². The Labute approximate surface area is 170 Å². The Bertz CT molecular complexity index is 1330. The number of rotatable bonds is 5. The third-order valence-corrected chi connectivity index (χ3v) is 5.56. The van der Waals surface area contributed by atoms with Crippen molar-refractivity contribution >= 4 is 50.0 Å². The van der Waals surface area contributed by atoms with Gasteiger partial charge in [0.25, 0.3) is 10.0 Å². The zero-order valence-electron chi connectivity index (χ0n) is 15.0. The molecule has 2 heterocycles. The van der Waals surface area contributed by atoms with Crippen molar-refractivity contribution < 1.29 is 12.8 Å². The molecule has 0 fully saturated rings. The van der Waals surface area contributed by atoms with E-state index in [1.54, 1.807) is 31.3 Å². The SMILES string of the molecule is Cn1cc(S(=O)(=O)Nc2nc3ccccc3nc2Nc2ccc(F)c(Cl)c2)cn1. The van der Waals surface area contributed by atoms with Crippen LogP contribution in [0.1, 0.15) is 0 Å². The van der Waals surface area contributed by atoms with Crippen molar-refractivity contribution in [3.63, 3.8) is 0 Å². The molecule has 11 heteroatoms. The molecule has 8 nitrogen and oxygen atoms in total. The highest BCUT2D eigenvalue weighted by Crippen LogP contribution is 2.28. The lowest BCUT2D eigenvalue weighted by molar-refractivity contribution is 0.601. The molecule has 0 saturated heterocycles. The number of benzene rings is 2. The number of hydrogen-bond donors (Lipinski definition) is 2. The van der Waals surface area contributed by atoms with E-state index in [2.05, 4.69) is 25.1 Å². The summed E-state index contributed by atoms with van der Waals surface area (Å²) >= 11 is 5.83. The maximum absolute atomic E-state index is 13.4. The Balaban J connectivity index is 1.78. The van der Waals surface area contributed by atoms with Crippen LogP contribution in [0.5, 0.6) is 0 Å². The van der Waals surface area contributed by atoms with Gasteiger partial charge in [-0.15, -0.1) is 0 Å². The number of hydrogen-bond acceptors (Lipinski definition) is 6. The predicted molar refractivity (Wildman–Crippen MR) is 108 cm³/mol. The highest BCUT2D eigenvalue weighted by Gasteiger charge is 2.20. The van der Waals surface area contributed by atoms with Crippen LogP contribution in [0.2, 0.25) is 5.02 Å². The van der Waals surface area contributed by atoms with Gasteiger partial charge in [0, 0.05) is 18.9 Å². The summed E-state index contributed by atoms with van der Waals surface area (Å²) in [6, 6.07) is 11.0. The van der Waals surface area contributed by atoms with Gasteiger partial charge in [0.05, 0.1) is 22.3 Å². The topological polar surface area (TPSA) is 102 Å². The minimum Gasteiger partial charge on any atom is -0.337 e. The molecule has 148 valence electrons. The van der Waals surface area contributed by atoms with E-state index < -0.39 is 15.8 Å². The van der Waals surface area contributed by atoms with Gasteiger partial charge in [-0.1, -0.05) is 23.7 Å². The van der Waals surface area contributed by atoms with Crippen LogP contribution < -0.4 is 10.0 Å². The maximum Gasteiger partial charge on any atom is 0.266 e. The molecule has 2 N–H and O–H groups in total. The maximum atomic E-state index is 13.4. The molecule has 2 aromatic heterocycles. The lowest BCUT2D eigenvalue weighted by atomic mass is 10.3. The molecule has 0 atom stereocenters. The van der Waals surface area contributed by atoms with Gasteiger partial charge < -0.3 is 5.32 Å². The summed E-state index contributed by atoms with van der Waals surface area (Å²) < 4.78 is 42.7. The fourth-order valence-corrected chi connectivity index (χ4v) is 3.77. The average molecular weight is 433 g/mol. The normalized spacial score (nSPS) is 11.6. The number of anilines is 3. The highest BCUT2D eigenvalue weighted by atomic mass is 35.5. The van der Waals surface area contributed by atoms with Crippen molar-refractivity contribution in [2.24, 2.45) is 7.05 Å². The third-order valence-electron chi connectivity index (χ3n) is 3.98. The molecule has 0 aliphatic heterocycles.